The molecule has 0 radical (unpaired) electrons. The molecule has 2 aliphatic rings. The third kappa shape index (κ3) is 7.32. The highest BCUT2D eigenvalue weighted by molar-refractivity contribution is 6.83. The molecule has 3 atom stereocenters. The lowest BCUT2D eigenvalue weighted by atomic mass is 9.86. The van der Waals surface area contributed by atoms with Gasteiger partial charge >= 0.3 is 0 Å². The molecular weight excluding hydrogens is 707 g/mol. The zero-order valence-corrected chi connectivity index (χ0v) is 37.2. The fourth-order valence-electron chi connectivity index (χ4n) is 10.6. The van der Waals surface area contributed by atoms with Gasteiger partial charge in [0.15, 0.2) is 0 Å². The highest BCUT2D eigenvalue weighted by Gasteiger charge is 2.50. The van der Waals surface area contributed by atoms with Gasteiger partial charge in [0.2, 0.25) is 0 Å². The van der Waals surface area contributed by atoms with Gasteiger partial charge in [-0.15, -0.1) is 0 Å². The number of nitrogens with zero attached hydrogens (tertiary/aromatic N) is 1. The number of rotatable bonds is 11. The first-order valence-corrected chi connectivity index (χ1v) is 24.4. The average Bonchev–Trinajstić information content (AvgIpc) is 3.81. The van der Waals surface area contributed by atoms with Crippen LogP contribution >= 0.6 is 0 Å². The van der Waals surface area contributed by atoms with Gasteiger partial charge in [0.25, 0.3) is 0 Å². The van der Waals surface area contributed by atoms with E-state index in [1.807, 2.05) is 0 Å². The molecule has 0 aliphatic heterocycles. The molecule has 3 heteroatoms. The lowest BCUT2D eigenvalue weighted by Crippen LogP contribution is -2.45. The molecule has 3 unspecified atom stereocenters. The van der Waals surface area contributed by atoms with Crippen molar-refractivity contribution in [1.29, 1.82) is 0 Å². The third-order valence-corrected chi connectivity index (χ3v) is 18.9. The summed E-state index contributed by atoms with van der Waals surface area (Å²) in [6.45, 7) is 21.9. The third-order valence-electron chi connectivity index (χ3n) is 13.3. The molecule has 0 saturated carbocycles. The van der Waals surface area contributed by atoms with Gasteiger partial charge in [0.1, 0.15) is 0 Å². The molecule has 57 heavy (non-hydrogen) atoms. The maximum atomic E-state index is 6.10. The number of benzene rings is 5. The molecule has 1 heterocycles. The number of para-hydroxylation sites is 1. The Balaban J connectivity index is 1.18. The molecule has 0 amide bonds. The molecule has 8 rings (SSSR count). The van der Waals surface area contributed by atoms with Crippen LogP contribution in [-0.4, -0.2) is 24.8 Å². The second-order valence-electron chi connectivity index (χ2n) is 19.5. The van der Waals surface area contributed by atoms with Crippen molar-refractivity contribution in [2.24, 2.45) is 7.05 Å². The zero-order valence-electron chi connectivity index (χ0n) is 36.2. The summed E-state index contributed by atoms with van der Waals surface area (Å²) >= 11 is 0. The van der Waals surface area contributed by atoms with Crippen molar-refractivity contribution in [3.8, 4) is 22.3 Å². The summed E-state index contributed by atoms with van der Waals surface area (Å²) in [5, 5.41) is 2.66. The van der Waals surface area contributed by atoms with E-state index in [1.54, 1.807) is 22.3 Å². The fourth-order valence-corrected chi connectivity index (χ4v) is 16.7. The van der Waals surface area contributed by atoms with E-state index in [0.29, 0.717) is 11.1 Å². The van der Waals surface area contributed by atoms with Crippen LogP contribution in [-0.2, 0) is 17.2 Å². The van der Waals surface area contributed by atoms with Crippen molar-refractivity contribution >= 4 is 42.0 Å². The first-order chi connectivity index (χ1) is 27.2. The van der Waals surface area contributed by atoms with Gasteiger partial charge in [-0.3, -0.25) is 0 Å². The maximum Gasteiger partial charge on any atom is 0.0751 e. The van der Waals surface area contributed by atoms with Crippen LogP contribution in [0.5, 0.6) is 0 Å². The Morgan fingerprint density at radius 3 is 1.77 bits per heavy atom. The van der Waals surface area contributed by atoms with Crippen LogP contribution in [0.1, 0.15) is 120 Å². The van der Waals surface area contributed by atoms with E-state index in [1.165, 1.54) is 86.1 Å². The summed E-state index contributed by atoms with van der Waals surface area (Å²) < 4.78 is 8.44. The molecule has 0 spiro atoms. The van der Waals surface area contributed by atoms with Crippen molar-refractivity contribution in [2.45, 2.75) is 116 Å². The molecular formula is C54H63NOSi. The minimum absolute atomic E-state index is 0.0715. The second kappa shape index (κ2) is 15.1. The van der Waals surface area contributed by atoms with Gasteiger partial charge in [-0.25, -0.2) is 0 Å². The van der Waals surface area contributed by atoms with Gasteiger partial charge in [0.05, 0.1) is 13.7 Å². The molecule has 0 bridgehead atoms. The molecule has 6 aromatic rings. The summed E-state index contributed by atoms with van der Waals surface area (Å²) in [5.41, 5.74) is 19.4. The van der Waals surface area contributed by atoms with Crippen LogP contribution < -0.4 is 0 Å². The van der Waals surface area contributed by atoms with Crippen LogP contribution in [0, 0.1) is 0 Å². The Morgan fingerprint density at radius 1 is 0.596 bits per heavy atom. The number of ether oxygens (including phenoxy) is 1. The Kier molecular flexibility index (Phi) is 10.4. The fraction of sp³-hybridized carbons (Fsp3) is 0.370. The molecule has 1 aromatic heterocycles. The number of hydrogen-bond donors (Lipinski definition) is 0. The van der Waals surface area contributed by atoms with Crippen LogP contribution in [0.25, 0.3) is 56.2 Å². The van der Waals surface area contributed by atoms with Crippen LogP contribution in [0.2, 0.25) is 12.6 Å². The number of unbranched alkanes of at least 4 members (excludes halogenated alkanes) is 3. The van der Waals surface area contributed by atoms with Crippen molar-refractivity contribution in [1.82, 2.24) is 4.57 Å². The lowest BCUT2D eigenvalue weighted by Gasteiger charge is -2.42. The van der Waals surface area contributed by atoms with Crippen molar-refractivity contribution in [2.75, 3.05) is 6.61 Å². The van der Waals surface area contributed by atoms with E-state index < -0.39 is 8.07 Å². The summed E-state index contributed by atoms with van der Waals surface area (Å²) in [6.07, 6.45) is 10.0. The molecule has 0 N–H and O–H groups in total. The zero-order chi connectivity index (χ0) is 40.3. The van der Waals surface area contributed by atoms with E-state index in [0.717, 1.165) is 13.0 Å². The molecule has 2 aliphatic carbocycles. The quantitative estimate of drug-likeness (QED) is 0.0945. The minimum Gasteiger partial charge on any atom is -0.376 e. The van der Waals surface area contributed by atoms with Crippen LogP contribution in [0.3, 0.4) is 0 Å². The summed E-state index contributed by atoms with van der Waals surface area (Å²) in [7, 11) is 0.0504. The number of aromatic nitrogens is 1. The van der Waals surface area contributed by atoms with Gasteiger partial charge < -0.3 is 9.30 Å². The Bertz CT molecular complexity index is 2520. The Hall–Kier alpha value is -4.44. The van der Waals surface area contributed by atoms with Crippen molar-refractivity contribution in [3.05, 3.63) is 142 Å². The summed E-state index contributed by atoms with van der Waals surface area (Å²) in [6, 6.07) is 41.0. The van der Waals surface area contributed by atoms with Crippen molar-refractivity contribution in [3.63, 3.8) is 0 Å². The molecule has 2 nitrogen and oxygen atoms in total. The smallest absolute Gasteiger partial charge is 0.0751 e. The first-order valence-electron chi connectivity index (χ1n) is 21.5. The number of aryl methyl sites for hydroxylation is 1. The number of fused-ring (bicyclic) bond motifs is 5. The highest BCUT2D eigenvalue weighted by atomic mass is 28.3. The SMILES string of the molecule is CC1=Cc2c(-c3ccc(C(C)(C)C)cc3)cccc2C1[Si](C)(CCCCCCOC(C)(C)C)C1C(C)=Cc2c(-c3ccc4c(c3)c3ccccc3n4C)cccc21. The van der Waals surface area contributed by atoms with Crippen LogP contribution in [0.4, 0.5) is 0 Å². The normalized spacial score (nSPS) is 17.8. The van der Waals surface area contributed by atoms with Gasteiger partial charge in [-0.1, -0.05) is 161 Å². The monoisotopic (exact) mass is 769 g/mol. The maximum absolute atomic E-state index is 6.10. The summed E-state index contributed by atoms with van der Waals surface area (Å²) in [4.78, 5) is 0. The standard InChI is InChI=1S/C54H63NOSi/c1-36-33-46-41(38-25-28-40(29-26-38)53(3,4)5)20-17-22-44(46)51(36)57(10,32-16-12-11-15-31-56-54(6,7)8)52-37(2)34-47-42(21-18-23-45(47)52)39-27-30-50-48(35-39)43-19-13-14-24-49(43)55(50)9/h13-14,17-30,33-35,51-52H,11-12,15-16,31-32H2,1-10H3. The first kappa shape index (κ1) is 39.4. The molecule has 294 valence electrons. The largest absolute Gasteiger partial charge is 0.376 e. The predicted molar refractivity (Wildman–Crippen MR) is 250 cm³/mol. The average molecular weight is 770 g/mol. The second-order valence-corrected chi connectivity index (χ2v) is 24.2. The van der Waals surface area contributed by atoms with E-state index in [2.05, 4.69) is 189 Å². The topological polar surface area (TPSA) is 14.2 Å². The van der Waals surface area contributed by atoms with Gasteiger partial charge in [0, 0.05) is 46.5 Å². The number of allylic oxidation sites excluding steroid dienone is 2. The molecule has 5 aromatic carbocycles. The van der Waals surface area contributed by atoms with E-state index in [-0.39, 0.29) is 11.0 Å². The van der Waals surface area contributed by atoms with E-state index in [4.69, 9.17) is 4.74 Å². The Morgan fingerprint density at radius 2 is 1.16 bits per heavy atom. The van der Waals surface area contributed by atoms with E-state index in [9.17, 15) is 0 Å². The highest BCUT2D eigenvalue weighted by Crippen LogP contribution is 2.56. The van der Waals surface area contributed by atoms with Crippen molar-refractivity contribution < 1.29 is 4.74 Å². The Labute approximate surface area is 343 Å². The van der Waals surface area contributed by atoms with Crippen LogP contribution in [0.15, 0.2) is 114 Å². The molecule has 0 fully saturated rings. The van der Waals surface area contributed by atoms with E-state index >= 15 is 0 Å². The number of hydrogen-bond acceptors (Lipinski definition) is 1. The van der Waals surface area contributed by atoms with Gasteiger partial charge in [-0.05, 0) is 115 Å². The lowest BCUT2D eigenvalue weighted by molar-refractivity contribution is -0.00471. The van der Waals surface area contributed by atoms with Gasteiger partial charge in [-0.2, -0.15) is 0 Å². The predicted octanol–water partition coefficient (Wildman–Crippen LogP) is 15.2. The molecule has 0 saturated heterocycles. The summed E-state index contributed by atoms with van der Waals surface area (Å²) in [5.74, 6) is 0. The minimum atomic E-state index is -2.14.